The lowest BCUT2D eigenvalue weighted by atomic mass is 10.1. The molecule has 1 aromatic carbocycles. The van der Waals surface area contributed by atoms with Gasteiger partial charge in [0, 0.05) is 13.1 Å². The van der Waals surface area contributed by atoms with Gasteiger partial charge in [-0.25, -0.2) is 4.39 Å². The van der Waals surface area contributed by atoms with Gasteiger partial charge < -0.3 is 5.32 Å². The number of halogens is 2. The van der Waals surface area contributed by atoms with Crippen LogP contribution in [0.5, 0.6) is 0 Å². The Morgan fingerprint density at radius 2 is 2.29 bits per heavy atom. The Morgan fingerprint density at radius 3 is 3.00 bits per heavy atom. The number of nitrogens with one attached hydrogen (secondary N) is 1. The van der Waals surface area contributed by atoms with Crippen LogP contribution in [0.15, 0.2) is 24.3 Å². The lowest BCUT2D eigenvalue weighted by Gasteiger charge is -2.16. The molecular formula is C13H20ClFN2. The number of likely N-dealkylation sites (tertiary alicyclic amines) is 1. The molecule has 0 bridgehead atoms. The zero-order chi connectivity index (χ0) is 11.4. The highest BCUT2D eigenvalue weighted by Gasteiger charge is 2.21. The summed E-state index contributed by atoms with van der Waals surface area (Å²) in [6.07, 6.45) is 1.25. The fraction of sp³-hybridized carbons (Fsp3) is 0.538. The van der Waals surface area contributed by atoms with Crippen LogP contribution in [0.25, 0.3) is 0 Å². The summed E-state index contributed by atoms with van der Waals surface area (Å²) < 4.78 is 13.0. The summed E-state index contributed by atoms with van der Waals surface area (Å²) >= 11 is 0. The van der Waals surface area contributed by atoms with Gasteiger partial charge in [0.2, 0.25) is 0 Å². The van der Waals surface area contributed by atoms with Gasteiger partial charge in [-0.2, -0.15) is 0 Å². The Labute approximate surface area is 109 Å². The van der Waals surface area contributed by atoms with Gasteiger partial charge >= 0.3 is 0 Å². The van der Waals surface area contributed by atoms with Crippen molar-refractivity contribution >= 4 is 12.4 Å². The van der Waals surface area contributed by atoms with E-state index < -0.39 is 0 Å². The number of benzene rings is 1. The van der Waals surface area contributed by atoms with Crippen LogP contribution in [0, 0.1) is 11.7 Å². The fourth-order valence-corrected chi connectivity index (χ4v) is 2.41. The second kappa shape index (κ2) is 6.94. The quantitative estimate of drug-likeness (QED) is 0.892. The molecule has 0 aromatic heterocycles. The lowest BCUT2D eigenvalue weighted by Crippen LogP contribution is -2.24. The average molecular weight is 259 g/mol. The van der Waals surface area contributed by atoms with Crippen molar-refractivity contribution in [3.05, 3.63) is 35.6 Å². The number of hydrogen-bond donors (Lipinski definition) is 1. The lowest BCUT2D eigenvalue weighted by molar-refractivity contribution is 0.315. The van der Waals surface area contributed by atoms with Crippen LogP contribution >= 0.6 is 12.4 Å². The molecule has 0 spiro atoms. The van der Waals surface area contributed by atoms with Gasteiger partial charge in [0.15, 0.2) is 0 Å². The average Bonchev–Trinajstić information content (AvgIpc) is 2.66. The molecule has 1 unspecified atom stereocenters. The van der Waals surface area contributed by atoms with Gasteiger partial charge in [0.25, 0.3) is 0 Å². The number of hydrogen-bond acceptors (Lipinski definition) is 2. The third kappa shape index (κ3) is 4.26. The van der Waals surface area contributed by atoms with E-state index in [-0.39, 0.29) is 18.2 Å². The molecule has 2 nitrogen and oxygen atoms in total. The Morgan fingerprint density at radius 1 is 1.47 bits per heavy atom. The van der Waals surface area contributed by atoms with Crippen LogP contribution in [0.3, 0.4) is 0 Å². The second-order valence-corrected chi connectivity index (χ2v) is 4.58. The molecular weight excluding hydrogens is 239 g/mol. The second-order valence-electron chi connectivity index (χ2n) is 4.58. The predicted octanol–water partition coefficient (Wildman–Crippen LogP) is 2.29. The van der Waals surface area contributed by atoms with Crippen LogP contribution in [0.4, 0.5) is 4.39 Å². The van der Waals surface area contributed by atoms with Crippen LogP contribution in [-0.2, 0) is 6.54 Å². The van der Waals surface area contributed by atoms with Gasteiger partial charge in [-0.1, -0.05) is 12.1 Å². The fourth-order valence-electron chi connectivity index (χ4n) is 2.41. The van der Waals surface area contributed by atoms with Crippen molar-refractivity contribution in [2.45, 2.75) is 13.0 Å². The van der Waals surface area contributed by atoms with Crippen molar-refractivity contribution in [2.24, 2.45) is 5.92 Å². The van der Waals surface area contributed by atoms with E-state index in [1.165, 1.54) is 12.5 Å². The third-order valence-corrected chi connectivity index (χ3v) is 3.16. The molecule has 1 atom stereocenters. The van der Waals surface area contributed by atoms with Crippen LogP contribution < -0.4 is 5.32 Å². The van der Waals surface area contributed by atoms with E-state index in [1.54, 1.807) is 12.1 Å². The first-order valence-electron chi connectivity index (χ1n) is 5.89. The minimum atomic E-state index is -0.136. The Kier molecular flexibility index (Phi) is 5.89. The maximum atomic E-state index is 13.0. The molecule has 1 aliphatic heterocycles. The van der Waals surface area contributed by atoms with Crippen molar-refractivity contribution in [3.63, 3.8) is 0 Å². The molecule has 96 valence electrons. The highest BCUT2D eigenvalue weighted by molar-refractivity contribution is 5.85. The van der Waals surface area contributed by atoms with E-state index in [9.17, 15) is 4.39 Å². The topological polar surface area (TPSA) is 15.3 Å². The number of nitrogens with zero attached hydrogens (tertiary/aromatic N) is 1. The largest absolute Gasteiger partial charge is 0.319 e. The summed E-state index contributed by atoms with van der Waals surface area (Å²) in [4.78, 5) is 2.40. The van der Waals surface area contributed by atoms with Crippen molar-refractivity contribution in [1.82, 2.24) is 10.2 Å². The van der Waals surface area contributed by atoms with Gasteiger partial charge in [-0.05, 0) is 50.2 Å². The third-order valence-electron chi connectivity index (χ3n) is 3.16. The van der Waals surface area contributed by atoms with Crippen molar-refractivity contribution in [2.75, 3.05) is 26.7 Å². The van der Waals surface area contributed by atoms with Crippen LogP contribution in [0.1, 0.15) is 12.0 Å². The molecule has 17 heavy (non-hydrogen) atoms. The zero-order valence-corrected chi connectivity index (χ0v) is 11.0. The Hall–Kier alpha value is -0.640. The van der Waals surface area contributed by atoms with E-state index >= 15 is 0 Å². The molecule has 2 rings (SSSR count). The van der Waals surface area contributed by atoms with E-state index in [4.69, 9.17) is 0 Å². The molecule has 0 amide bonds. The van der Waals surface area contributed by atoms with E-state index in [0.717, 1.165) is 37.7 Å². The molecule has 4 heteroatoms. The normalized spacial score (nSPS) is 20.2. The van der Waals surface area contributed by atoms with E-state index in [1.807, 2.05) is 13.1 Å². The molecule has 0 radical (unpaired) electrons. The van der Waals surface area contributed by atoms with Crippen molar-refractivity contribution in [3.8, 4) is 0 Å². The van der Waals surface area contributed by atoms with Gasteiger partial charge in [0.05, 0.1) is 0 Å². The predicted molar refractivity (Wildman–Crippen MR) is 71.0 cm³/mol. The molecule has 0 saturated carbocycles. The molecule has 1 heterocycles. The maximum Gasteiger partial charge on any atom is 0.123 e. The van der Waals surface area contributed by atoms with Gasteiger partial charge in [-0.15, -0.1) is 12.4 Å². The Balaban J connectivity index is 0.00000144. The first-order chi connectivity index (χ1) is 7.78. The summed E-state index contributed by atoms with van der Waals surface area (Å²) in [6, 6.07) is 6.91. The summed E-state index contributed by atoms with van der Waals surface area (Å²) in [5, 5.41) is 3.22. The Bertz CT molecular complexity index is 346. The van der Waals surface area contributed by atoms with E-state index in [0.29, 0.717) is 0 Å². The summed E-state index contributed by atoms with van der Waals surface area (Å²) in [5.74, 6) is 0.613. The molecule has 1 fully saturated rings. The van der Waals surface area contributed by atoms with Crippen LogP contribution in [-0.4, -0.2) is 31.6 Å². The van der Waals surface area contributed by atoms with Crippen LogP contribution in [0.2, 0.25) is 0 Å². The summed E-state index contributed by atoms with van der Waals surface area (Å²) in [7, 11) is 2.00. The minimum Gasteiger partial charge on any atom is -0.319 e. The molecule has 1 saturated heterocycles. The molecule has 0 aliphatic carbocycles. The van der Waals surface area contributed by atoms with Gasteiger partial charge in [0.1, 0.15) is 5.82 Å². The first-order valence-corrected chi connectivity index (χ1v) is 5.89. The molecule has 1 aliphatic rings. The first kappa shape index (κ1) is 14.4. The standard InChI is InChI=1S/C13H19FN2.ClH/c1-15-8-12-5-6-16(10-12)9-11-3-2-4-13(14)7-11;/h2-4,7,12,15H,5-6,8-10H2,1H3;1H. The SMILES string of the molecule is CNCC1CCN(Cc2cccc(F)c2)C1.Cl. The molecule has 1 aromatic rings. The minimum absolute atomic E-state index is 0. The summed E-state index contributed by atoms with van der Waals surface area (Å²) in [5.41, 5.74) is 1.07. The smallest absolute Gasteiger partial charge is 0.123 e. The van der Waals surface area contributed by atoms with E-state index in [2.05, 4.69) is 10.2 Å². The van der Waals surface area contributed by atoms with Crippen molar-refractivity contribution in [1.29, 1.82) is 0 Å². The highest BCUT2D eigenvalue weighted by Crippen LogP contribution is 2.18. The zero-order valence-electron chi connectivity index (χ0n) is 10.2. The summed E-state index contributed by atoms with van der Waals surface area (Å²) in [6.45, 7) is 4.21. The maximum absolute atomic E-state index is 13.0. The number of rotatable bonds is 4. The monoisotopic (exact) mass is 258 g/mol. The highest BCUT2D eigenvalue weighted by atomic mass is 35.5. The van der Waals surface area contributed by atoms with Gasteiger partial charge in [-0.3, -0.25) is 4.90 Å². The molecule has 1 N–H and O–H groups in total. The van der Waals surface area contributed by atoms with Crippen molar-refractivity contribution < 1.29 is 4.39 Å².